The zero-order valence-electron chi connectivity index (χ0n) is 23.9. The fraction of sp³-hybridized carbons (Fsp3) is 0.273. The van der Waals surface area contributed by atoms with Gasteiger partial charge in [-0.15, -0.1) is 0 Å². The second-order valence-electron chi connectivity index (χ2n) is 11.6. The van der Waals surface area contributed by atoms with Crippen LogP contribution in [-0.2, 0) is 20.9 Å². The van der Waals surface area contributed by atoms with Crippen LogP contribution in [0.3, 0.4) is 0 Å². The lowest BCUT2D eigenvalue weighted by Gasteiger charge is -2.20. The van der Waals surface area contributed by atoms with Crippen LogP contribution >= 0.6 is 0 Å². The van der Waals surface area contributed by atoms with Crippen LogP contribution in [0.1, 0.15) is 52.7 Å². The molecule has 8 heteroatoms. The lowest BCUT2D eigenvalue weighted by atomic mass is 9.84. The molecule has 0 radical (unpaired) electrons. The normalized spacial score (nSPS) is 12.4. The van der Waals surface area contributed by atoms with Gasteiger partial charge in [0.25, 0.3) is 0 Å². The van der Waals surface area contributed by atoms with E-state index >= 15 is 0 Å². The molecular weight excluding hydrogens is 660 g/mol. The van der Waals surface area contributed by atoms with Crippen LogP contribution in [0.5, 0.6) is 0 Å². The largest absolute Gasteiger partial charge is 0.741 e. The molecule has 0 spiro atoms. The van der Waals surface area contributed by atoms with E-state index in [1.807, 2.05) is 0 Å². The van der Waals surface area contributed by atoms with Crippen molar-refractivity contribution in [2.24, 2.45) is 0 Å². The average Bonchev–Trinajstić information content (AvgIpc) is 2.88. The molecule has 0 aliphatic heterocycles. The van der Waals surface area contributed by atoms with Gasteiger partial charge in [-0.05, 0) is 56.8 Å². The maximum Gasteiger partial charge on any atom is 0.485 e. The van der Waals surface area contributed by atoms with Crippen LogP contribution in [0.25, 0.3) is 22.3 Å². The summed E-state index contributed by atoms with van der Waals surface area (Å²) in [5, 5.41) is 0. The van der Waals surface area contributed by atoms with Crippen molar-refractivity contribution in [2.45, 2.75) is 57.9 Å². The van der Waals surface area contributed by atoms with E-state index in [1.54, 1.807) is 0 Å². The molecule has 4 aromatic rings. The number of hydrogen-bond acceptors (Lipinski definition) is 3. The molecule has 0 N–H and O–H groups in total. The lowest BCUT2D eigenvalue weighted by Crippen LogP contribution is -3.61. The summed E-state index contributed by atoms with van der Waals surface area (Å²) in [5.41, 5.74) is 2.72. The van der Waals surface area contributed by atoms with Gasteiger partial charge in [-0.3, -0.25) is 0 Å². The van der Waals surface area contributed by atoms with Crippen molar-refractivity contribution in [1.29, 1.82) is 0 Å². The van der Waals surface area contributed by atoms with Crippen LogP contribution in [0.2, 0.25) is 0 Å². The molecule has 218 valence electrons. The minimum Gasteiger partial charge on any atom is -0.741 e. The highest BCUT2D eigenvalue weighted by atomic mass is 127. The van der Waals surface area contributed by atoms with E-state index in [0.717, 1.165) is 0 Å². The van der Waals surface area contributed by atoms with E-state index in [1.165, 1.54) is 40.5 Å². The Morgan fingerprint density at radius 3 is 1.46 bits per heavy atom. The monoisotopic (exact) mass is 694 g/mol. The molecule has 0 saturated carbocycles. The quantitative estimate of drug-likeness (QED) is 0.154. The first-order chi connectivity index (χ1) is 18.9. The highest BCUT2D eigenvalue weighted by molar-refractivity contribution is 7.86. The van der Waals surface area contributed by atoms with Gasteiger partial charge >= 0.3 is 26.7 Å². The third-order valence-electron chi connectivity index (χ3n) is 6.34. The molecule has 0 aliphatic carbocycles. The van der Waals surface area contributed by atoms with E-state index in [-0.39, 0.29) is 32.0 Å². The van der Waals surface area contributed by atoms with Crippen LogP contribution in [0.4, 0.5) is 13.2 Å². The number of alkyl halides is 3. The molecule has 0 atom stereocenters. The molecule has 0 aromatic heterocycles. The molecule has 0 heterocycles. The fourth-order valence-corrected chi connectivity index (χ4v) is 6.72. The zero-order chi connectivity index (χ0) is 30.6. The first-order valence-electron chi connectivity index (χ1n) is 12.9. The van der Waals surface area contributed by atoms with Gasteiger partial charge in [-0.1, -0.05) is 120 Å². The van der Waals surface area contributed by atoms with Gasteiger partial charge < -0.3 is 4.55 Å². The minimum atomic E-state index is -6.09. The van der Waals surface area contributed by atoms with Crippen molar-refractivity contribution in [3.8, 4) is 22.3 Å². The predicted octanol–water partition coefficient (Wildman–Crippen LogP) is 5.80. The molecular formula is C33H34F3IO3S. The van der Waals surface area contributed by atoms with Gasteiger partial charge in [-0.25, -0.2) is 8.42 Å². The molecule has 4 aromatic carbocycles. The summed E-state index contributed by atoms with van der Waals surface area (Å²) >= 11 is -0.284. The van der Waals surface area contributed by atoms with Crippen molar-refractivity contribution in [3.63, 3.8) is 0 Å². The van der Waals surface area contributed by atoms with E-state index in [2.05, 4.69) is 139 Å². The molecule has 0 saturated heterocycles. The Hall–Kier alpha value is -2.69. The van der Waals surface area contributed by atoms with Crippen molar-refractivity contribution in [3.05, 3.63) is 115 Å². The summed E-state index contributed by atoms with van der Waals surface area (Å²) < 4.78 is 61.8. The Labute approximate surface area is 251 Å². The van der Waals surface area contributed by atoms with Crippen molar-refractivity contribution >= 4 is 10.1 Å². The van der Waals surface area contributed by atoms with Gasteiger partial charge in [0.2, 0.25) is 3.57 Å². The second-order valence-corrected chi connectivity index (χ2v) is 15.9. The third-order valence-corrected chi connectivity index (χ3v) is 9.73. The smallest absolute Gasteiger partial charge is 0.485 e. The zero-order valence-corrected chi connectivity index (χ0v) is 26.9. The van der Waals surface area contributed by atoms with Crippen molar-refractivity contribution < 1.29 is 47.3 Å². The number of rotatable bonds is 4. The third kappa shape index (κ3) is 8.90. The maximum atomic E-state index is 10.7. The predicted molar refractivity (Wildman–Crippen MR) is 154 cm³/mol. The Morgan fingerprint density at radius 1 is 0.610 bits per heavy atom. The van der Waals surface area contributed by atoms with E-state index in [9.17, 15) is 13.2 Å². The molecule has 4 rings (SSSR count). The summed E-state index contributed by atoms with van der Waals surface area (Å²) in [6.07, 6.45) is 0. The lowest BCUT2D eigenvalue weighted by molar-refractivity contribution is -0.596. The number of benzene rings is 4. The molecule has 0 bridgehead atoms. The topological polar surface area (TPSA) is 57.2 Å². The maximum absolute atomic E-state index is 10.7. The summed E-state index contributed by atoms with van der Waals surface area (Å²) in [6, 6.07) is 36.2. The van der Waals surface area contributed by atoms with Crippen LogP contribution in [-0.4, -0.2) is 18.5 Å². The molecule has 3 nitrogen and oxygen atoms in total. The highest BCUT2D eigenvalue weighted by Gasteiger charge is 2.37. The summed E-state index contributed by atoms with van der Waals surface area (Å²) in [6.45, 7) is 13.6. The Kier molecular flexibility index (Phi) is 10.1. The Balaban J connectivity index is 0.000000507. The Morgan fingerprint density at radius 2 is 1.05 bits per heavy atom. The first-order valence-corrected chi connectivity index (χ1v) is 16.5. The molecule has 0 amide bonds. The number of hydrogen-bond donors (Lipinski definition) is 0. The molecule has 0 aliphatic rings. The summed E-state index contributed by atoms with van der Waals surface area (Å²) in [5.74, 6) is 0. The standard InChI is InChI=1S/C32H34I.CHF3O3S/c1-31(2,3)25-19-15-23(16-20-25)28-13-10-14-29(33-27-11-8-7-9-12-27)30(28)24-17-21-26(22-18-24)32(4,5)6;2-1(3,4)8(5,6)7/h7-22H,1-6H3;(H,5,6,7)/q+1;/p-1. The Bertz CT molecular complexity index is 1550. The molecule has 0 fully saturated rings. The van der Waals surface area contributed by atoms with E-state index < -0.39 is 15.6 Å². The summed E-state index contributed by atoms with van der Waals surface area (Å²) in [7, 11) is -6.09. The molecule has 0 unspecified atom stereocenters. The van der Waals surface area contributed by atoms with Gasteiger partial charge in [0.1, 0.15) is 0 Å². The molecule has 41 heavy (non-hydrogen) atoms. The summed E-state index contributed by atoms with van der Waals surface area (Å²) in [4.78, 5) is 0. The second kappa shape index (κ2) is 12.7. The highest BCUT2D eigenvalue weighted by Crippen LogP contribution is 2.35. The van der Waals surface area contributed by atoms with Gasteiger partial charge in [0.15, 0.2) is 13.7 Å². The van der Waals surface area contributed by atoms with E-state index in [4.69, 9.17) is 13.0 Å². The first kappa shape index (κ1) is 32.8. The van der Waals surface area contributed by atoms with Crippen LogP contribution in [0.15, 0.2) is 97.1 Å². The SMILES string of the molecule is CC(C)(C)c1ccc(-c2cccc([I+]c3ccccc3)c2-c2ccc(C(C)(C)C)cc2)cc1.O=S(=O)([O-])C(F)(F)F. The number of halogens is 4. The van der Waals surface area contributed by atoms with Crippen molar-refractivity contribution in [1.82, 2.24) is 0 Å². The van der Waals surface area contributed by atoms with Gasteiger partial charge in [0, 0.05) is 5.56 Å². The fourth-order valence-electron chi connectivity index (χ4n) is 4.02. The van der Waals surface area contributed by atoms with Gasteiger partial charge in [-0.2, -0.15) is 13.2 Å². The average molecular weight is 695 g/mol. The van der Waals surface area contributed by atoms with Crippen LogP contribution < -0.4 is 21.2 Å². The van der Waals surface area contributed by atoms with Crippen molar-refractivity contribution in [2.75, 3.05) is 0 Å². The van der Waals surface area contributed by atoms with E-state index in [0.29, 0.717) is 0 Å². The minimum absolute atomic E-state index is 0.153. The van der Waals surface area contributed by atoms with Gasteiger partial charge in [0.05, 0.1) is 0 Å². The van der Waals surface area contributed by atoms with Crippen LogP contribution in [0, 0.1) is 7.14 Å².